The van der Waals surface area contributed by atoms with Crippen molar-refractivity contribution in [1.29, 1.82) is 0 Å². The summed E-state index contributed by atoms with van der Waals surface area (Å²) in [6.07, 6.45) is 4.58. The van der Waals surface area contributed by atoms with Gasteiger partial charge >= 0.3 is 0 Å². The number of anilines is 2. The fourth-order valence-corrected chi connectivity index (χ4v) is 2.98. The number of nitrogen functional groups attached to an aromatic ring is 1. The van der Waals surface area contributed by atoms with Gasteiger partial charge in [0, 0.05) is 43.7 Å². The molecule has 1 fully saturated rings. The lowest BCUT2D eigenvalue weighted by Crippen LogP contribution is -2.41. The summed E-state index contributed by atoms with van der Waals surface area (Å²) < 4.78 is 22.4. The number of aliphatic hydroxyl groups excluding tert-OH is 1. The first-order chi connectivity index (χ1) is 10.4. The fourth-order valence-electron chi connectivity index (χ4n) is 2.39. The zero-order valence-electron chi connectivity index (χ0n) is 12.7. The van der Waals surface area contributed by atoms with Gasteiger partial charge in [0.1, 0.15) is 15.7 Å². The number of likely N-dealkylation sites (tertiary alicyclic amines) is 1. The number of piperidine rings is 1. The highest BCUT2D eigenvalue weighted by molar-refractivity contribution is 7.90. The smallest absolute Gasteiger partial charge is 0.224 e. The van der Waals surface area contributed by atoms with Gasteiger partial charge in [-0.1, -0.05) is 0 Å². The molecule has 0 spiro atoms. The van der Waals surface area contributed by atoms with Crippen molar-refractivity contribution in [2.24, 2.45) is 0 Å². The van der Waals surface area contributed by atoms with Crippen molar-refractivity contribution < 1.29 is 13.5 Å². The molecule has 22 heavy (non-hydrogen) atoms. The topological polar surface area (TPSA) is 121 Å². The average molecular weight is 329 g/mol. The highest BCUT2D eigenvalue weighted by atomic mass is 32.2. The molecule has 0 bridgehead atoms. The van der Waals surface area contributed by atoms with Gasteiger partial charge in [-0.15, -0.1) is 0 Å². The largest absolute Gasteiger partial charge is 0.391 e. The van der Waals surface area contributed by atoms with Crippen LogP contribution < -0.4 is 11.1 Å². The number of sulfone groups is 1. The number of nitrogens with zero attached hydrogens (tertiary/aromatic N) is 3. The summed E-state index contributed by atoms with van der Waals surface area (Å²) in [6, 6.07) is 0.244. The van der Waals surface area contributed by atoms with Crippen LogP contribution >= 0.6 is 0 Å². The number of aromatic nitrogens is 2. The Balaban J connectivity index is 1.81. The molecule has 8 nitrogen and oxygen atoms in total. The van der Waals surface area contributed by atoms with E-state index in [1.165, 1.54) is 12.5 Å². The summed E-state index contributed by atoms with van der Waals surface area (Å²) in [5.41, 5.74) is 6.24. The van der Waals surface area contributed by atoms with Crippen LogP contribution in [0.15, 0.2) is 6.20 Å². The molecule has 1 aromatic heterocycles. The second-order valence-corrected chi connectivity index (χ2v) is 7.91. The summed E-state index contributed by atoms with van der Waals surface area (Å²) in [4.78, 5) is 10.4. The van der Waals surface area contributed by atoms with E-state index in [-0.39, 0.29) is 24.2 Å². The van der Waals surface area contributed by atoms with Crippen LogP contribution in [0.2, 0.25) is 0 Å². The van der Waals surface area contributed by atoms with Crippen molar-refractivity contribution >= 4 is 21.6 Å². The normalized spacial score (nSPS) is 17.5. The van der Waals surface area contributed by atoms with Gasteiger partial charge in [0.15, 0.2) is 0 Å². The fraction of sp³-hybridized carbons (Fsp3) is 0.692. The molecule has 1 saturated heterocycles. The Kier molecular flexibility index (Phi) is 5.54. The van der Waals surface area contributed by atoms with Gasteiger partial charge < -0.3 is 21.1 Å². The Hall–Kier alpha value is -1.45. The van der Waals surface area contributed by atoms with Crippen molar-refractivity contribution in [3.63, 3.8) is 0 Å². The van der Waals surface area contributed by atoms with E-state index in [0.29, 0.717) is 18.1 Å². The number of hydrogen-bond donors (Lipinski definition) is 3. The van der Waals surface area contributed by atoms with Gasteiger partial charge in [0.2, 0.25) is 5.95 Å². The number of hydrogen-bond acceptors (Lipinski definition) is 8. The van der Waals surface area contributed by atoms with Crippen molar-refractivity contribution in [3.8, 4) is 0 Å². The van der Waals surface area contributed by atoms with Gasteiger partial charge in [0.05, 0.1) is 12.4 Å². The minimum Gasteiger partial charge on any atom is -0.391 e. The molecule has 0 radical (unpaired) electrons. The summed E-state index contributed by atoms with van der Waals surface area (Å²) >= 11 is 0. The maximum atomic E-state index is 11.2. The highest BCUT2D eigenvalue weighted by Crippen LogP contribution is 2.16. The second kappa shape index (κ2) is 7.21. The number of nitrogens with two attached hydrogens (primary N) is 1. The summed E-state index contributed by atoms with van der Waals surface area (Å²) in [5, 5.41) is 12.3. The third-order valence-electron chi connectivity index (χ3n) is 3.77. The van der Waals surface area contributed by atoms with E-state index in [1.54, 1.807) is 0 Å². The van der Waals surface area contributed by atoms with Crippen molar-refractivity contribution in [2.45, 2.75) is 25.5 Å². The second-order valence-electron chi connectivity index (χ2n) is 5.65. The predicted molar refractivity (Wildman–Crippen MR) is 85.2 cm³/mol. The van der Waals surface area contributed by atoms with Crippen molar-refractivity contribution in [2.75, 3.05) is 42.7 Å². The monoisotopic (exact) mass is 329 g/mol. The van der Waals surface area contributed by atoms with E-state index in [9.17, 15) is 8.42 Å². The molecule has 4 N–H and O–H groups in total. The number of aliphatic hydroxyl groups is 1. The van der Waals surface area contributed by atoms with Crippen molar-refractivity contribution in [1.82, 2.24) is 14.9 Å². The van der Waals surface area contributed by atoms with Gasteiger partial charge in [0.25, 0.3) is 0 Å². The first-order valence-corrected chi connectivity index (χ1v) is 9.32. The van der Waals surface area contributed by atoms with E-state index in [4.69, 9.17) is 10.8 Å². The molecule has 0 saturated carbocycles. The third-order valence-corrected chi connectivity index (χ3v) is 4.69. The molecule has 2 rings (SSSR count). The first kappa shape index (κ1) is 16.9. The van der Waals surface area contributed by atoms with Crippen LogP contribution in [0, 0.1) is 0 Å². The van der Waals surface area contributed by atoms with Crippen LogP contribution in [-0.2, 0) is 16.4 Å². The molecule has 0 aliphatic carbocycles. The summed E-state index contributed by atoms with van der Waals surface area (Å²) in [7, 11) is -2.91. The Morgan fingerprint density at radius 2 is 2.14 bits per heavy atom. The van der Waals surface area contributed by atoms with E-state index >= 15 is 0 Å². The lowest BCUT2D eigenvalue weighted by atomic mass is 10.1. The molecular formula is C13H23N5O3S. The number of rotatable bonds is 6. The SMILES string of the molecule is CS(=O)(=O)CCN1CCC(Nc2ncc(CO)c(N)n2)CC1. The minimum atomic E-state index is -2.91. The molecular weight excluding hydrogens is 306 g/mol. The minimum absolute atomic E-state index is 0.176. The molecule has 0 aromatic carbocycles. The van der Waals surface area contributed by atoms with Gasteiger partial charge in [-0.3, -0.25) is 0 Å². The predicted octanol–water partition coefficient (Wildman–Crippen LogP) is -0.528. The van der Waals surface area contributed by atoms with E-state index in [0.717, 1.165) is 25.9 Å². The molecule has 9 heteroatoms. The maximum Gasteiger partial charge on any atom is 0.224 e. The molecule has 1 aliphatic rings. The third kappa shape index (κ3) is 5.08. The van der Waals surface area contributed by atoms with Crippen LogP contribution in [0.3, 0.4) is 0 Å². The molecule has 1 aromatic rings. The molecule has 0 unspecified atom stereocenters. The van der Waals surface area contributed by atoms with Crippen LogP contribution in [-0.4, -0.2) is 66.1 Å². The Labute approximate surface area is 130 Å². The van der Waals surface area contributed by atoms with Gasteiger partial charge in [-0.25, -0.2) is 13.4 Å². The summed E-state index contributed by atoms with van der Waals surface area (Å²) in [6.45, 7) is 2.10. The molecule has 124 valence electrons. The maximum absolute atomic E-state index is 11.2. The van der Waals surface area contributed by atoms with Crippen LogP contribution in [0.25, 0.3) is 0 Å². The van der Waals surface area contributed by atoms with E-state index in [2.05, 4.69) is 20.2 Å². The Morgan fingerprint density at radius 3 is 2.68 bits per heavy atom. The van der Waals surface area contributed by atoms with Gasteiger partial charge in [-0.2, -0.15) is 4.98 Å². The lowest BCUT2D eigenvalue weighted by Gasteiger charge is -2.32. The summed E-state index contributed by atoms with van der Waals surface area (Å²) in [5.74, 6) is 0.947. The number of nitrogens with one attached hydrogen (secondary N) is 1. The zero-order chi connectivity index (χ0) is 16.2. The molecule has 1 aliphatic heterocycles. The van der Waals surface area contributed by atoms with Gasteiger partial charge in [-0.05, 0) is 12.8 Å². The molecule has 0 amide bonds. The van der Waals surface area contributed by atoms with E-state index in [1.807, 2.05) is 0 Å². The van der Waals surface area contributed by atoms with Crippen LogP contribution in [0.1, 0.15) is 18.4 Å². The van der Waals surface area contributed by atoms with Crippen LogP contribution in [0.5, 0.6) is 0 Å². The zero-order valence-corrected chi connectivity index (χ0v) is 13.5. The highest BCUT2D eigenvalue weighted by Gasteiger charge is 2.20. The molecule has 0 atom stereocenters. The first-order valence-electron chi connectivity index (χ1n) is 7.26. The lowest BCUT2D eigenvalue weighted by molar-refractivity contribution is 0.230. The Morgan fingerprint density at radius 1 is 1.45 bits per heavy atom. The standard InChI is InChI=1S/C13H23N5O3S/c1-22(20,21)7-6-18-4-2-11(3-5-18)16-13-15-8-10(9-19)12(14)17-13/h8,11,19H,2-7,9H2,1H3,(H3,14,15,16,17). The Bertz CT molecular complexity index is 600. The van der Waals surface area contributed by atoms with E-state index < -0.39 is 9.84 Å². The molecule has 2 heterocycles. The van der Waals surface area contributed by atoms with Crippen molar-refractivity contribution in [3.05, 3.63) is 11.8 Å². The van der Waals surface area contributed by atoms with Crippen LogP contribution in [0.4, 0.5) is 11.8 Å². The average Bonchev–Trinajstić information content (AvgIpc) is 2.46. The quantitative estimate of drug-likeness (QED) is 0.637.